The summed E-state index contributed by atoms with van der Waals surface area (Å²) in [6.45, 7) is 0.774. The van der Waals surface area contributed by atoms with Crippen molar-refractivity contribution in [1.29, 1.82) is 0 Å². The van der Waals surface area contributed by atoms with Crippen LogP contribution in [-0.4, -0.2) is 56.3 Å². The molecule has 1 aliphatic heterocycles. The molecule has 0 spiro atoms. The van der Waals surface area contributed by atoms with Crippen LogP contribution in [0.1, 0.15) is 36.1 Å². The highest BCUT2D eigenvalue weighted by atomic mass is 32.2. The number of rotatable bonds is 8. The van der Waals surface area contributed by atoms with E-state index in [1.165, 1.54) is 23.5 Å². The number of fused-ring (bicyclic) bond motifs is 2. The summed E-state index contributed by atoms with van der Waals surface area (Å²) in [5.41, 5.74) is 6.17. The summed E-state index contributed by atoms with van der Waals surface area (Å²) in [6, 6.07) is 15.0. The fraction of sp³-hybridized carbons (Fsp3) is 0.300. The van der Waals surface area contributed by atoms with Crippen LogP contribution >= 0.6 is 23.3 Å². The second kappa shape index (κ2) is 11.6. The Balaban J connectivity index is 1.44. The van der Waals surface area contributed by atoms with Crippen LogP contribution in [0.5, 0.6) is 0 Å². The molecule has 0 amide bonds. The first kappa shape index (κ1) is 29.1. The van der Waals surface area contributed by atoms with Crippen molar-refractivity contribution < 1.29 is 22.3 Å². The predicted molar refractivity (Wildman–Crippen MR) is 168 cm³/mol. The summed E-state index contributed by atoms with van der Waals surface area (Å²) in [6.07, 6.45) is 2.47. The Morgan fingerprint density at radius 1 is 1.21 bits per heavy atom. The molecule has 1 saturated heterocycles. The number of aromatic nitrogens is 1. The Bertz CT molecular complexity index is 1860. The first-order valence-corrected chi connectivity index (χ1v) is 17.0. The van der Waals surface area contributed by atoms with Gasteiger partial charge < -0.3 is 13.8 Å². The third-order valence-corrected chi connectivity index (χ3v) is 11.3. The molecule has 220 valence electrons. The topological polar surface area (TPSA) is 98.9 Å². The van der Waals surface area contributed by atoms with Crippen molar-refractivity contribution in [2.45, 2.75) is 29.9 Å². The number of hydrogen-bond acceptors (Lipinski definition) is 9. The van der Waals surface area contributed by atoms with E-state index in [0.29, 0.717) is 42.0 Å². The Morgan fingerprint density at radius 3 is 2.74 bits per heavy atom. The van der Waals surface area contributed by atoms with Crippen LogP contribution in [0.4, 0.5) is 10.1 Å². The molecule has 2 N–H and O–H groups in total. The number of benzene rings is 3. The van der Waals surface area contributed by atoms with Crippen LogP contribution in [0.3, 0.4) is 0 Å². The fourth-order valence-corrected chi connectivity index (χ4v) is 8.35. The quantitative estimate of drug-likeness (QED) is 0.152. The van der Waals surface area contributed by atoms with Gasteiger partial charge in [-0.1, -0.05) is 11.9 Å². The largest absolute Gasteiger partial charge is 0.456 e. The smallest absolute Gasteiger partial charge is 0.243 e. The minimum absolute atomic E-state index is 0.0848. The number of nitrogens with one attached hydrogen (secondary N) is 1. The van der Waals surface area contributed by atoms with Gasteiger partial charge in [0.1, 0.15) is 23.4 Å². The maximum Gasteiger partial charge on any atom is 0.243 e. The van der Waals surface area contributed by atoms with Gasteiger partial charge in [-0.05, 0) is 79.9 Å². The summed E-state index contributed by atoms with van der Waals surface area (Å²) in [5.74, 6) is 0.00648. The molecule has 5 aromatic rings. The summed E-state index contributed by atoms with van der Waals surface area (Å²) >= 11 is 2.96. The third kappa shape index (κ3) is 5.20. The van der Waals surface area contributed by atoms with E-state index in [-0.39, 0.29) is 16.6 Å². The Morgan fingerprint density at radius 2 is 2.00 bits per heavy atom. The number of aliphatic hydroxyl groups is 1. The second-order valence-corrected chi connectivity index (χ2v) is 14.1. The molecular formula is C30H31FN4O4S3. The van der Waals surface area contributed by atoms with Gasteiger partial charge in [0.15, 0.2) is 0 Å². The molecule has 3 aromatic carbocycles. The molecule has 1 fully saturated rings. The molecule has 0 aliphatic carbocycles. The zero-order valence-corrected chi connectivity index (χ0v) is 25.8. The van der Waals surface area contributed by atoms with Gasteiger partial charge >= 0.3 is 0 Å². The van der Waals surface area contributed by atoms with Crippen LogP contribution in [0.25, 0.3) is 32.5 Å². The third-order valence-electron chi connectivity index (χ3n) is 7.91. The maximum absolute atomic E-state index is 13.8. The van der Waals surface area contributed by atoms with E-state index >= 15 is 0 Å². The molecule has 8 nitrogen and oxygen atoms in total. The molecule has 42 heavy (non-hydrogen) atoms. The van der Waals surface area contributed by atoms with E-state index in [4.69, 9.17) is 4.42 Å². The number of anilines is 1. The van der Waals surface area contributed by atoms with E-state index < -0.39 is 16.3 Å². The molecule has 2 aromatic heterocycles. The molecule has 0 radical (unpaired) electrons. The van der Waals surface area contributed by atoms with Gasteiger partial charge in [0.05, 0.1) is 26.3 Å². The van der Waals surface area contributed by atoms with Crippen molar-refractivity contribution >= 4 is 60.2 Å². The number of halogens is 1. The Kier molecular flexibility index (Phi) is 8.03. The monoisotopic (exact) mass is 626 g/mol. The van der Waals surface area contributed by atoms with Gasteiger partial charge in [-0.15, -0.1) is 11.3 Å². The number of sulfonamides is 1. The molecule has 1 unspecified atom stereocenters. The molecule has 0 bridgehead atoms. The van der Waals surface area contributed by atoms with E-state index in [2.05, 4.69) is 10.3 Å². The molecule has 6 rings (SSSR count). The van der Waals surface area contributed by atoms with E-state index in [9.17, 15) is 17.9 Å². The molecule has 3 heterocycles. The van der Waals surface area contributed by atoms with Gasteiger partial charge in [0, 0.05) is 49.0 Å². The van der Waals surface area contributed by atoms with Crippen LogP contribution in [0.2, 0.25) is 0 Å². The van der Waals surface area contributed by atoms with Gasteiger partial charge in [-0.3, -0.25) is 5.32 Å². The second-order valence-electron chi connectivity index (χ2n) is 10.3. The normalized spacial score (nSPS) is 17.2. The number of thiazole rings is 1. The molecule has 2 atom stereocenters. The maximum atomic E-state index is 13.8. The van der Waals surface area contributed by atoms with Crippen molar-refractivity contribution in [3.63, 3.8) is 0 Å². The highest BCUT2D eigenvalue weighted by Gasteiger charge is 2.33. The van der Waals surface area contributed by atoms with E-state index in [0.717, 1.165) is 33.3 Å². The Hall–Kier alpha value is -3.00. The van der Waals surface area contributed by atoms with Crippen molar-refractivity contribution in [2.75, 3.05) is 37.7 Å². The summed E-state index contributed by atoms with van der Waals surface area (Å²) in [7, 11) is -0.103. The van der Waals surface area contributed by atoms with E-state index in [1.54, 1.807) is 59.1 Å². The van der Waals surface area contributed by atoms with Gasteiger partial charge in [0.25, 0.3) is 0 Å². The Labute approximate surface area is 252 Å². The first-order chi connectivity index (χ1) is 20.2. The van der Waals surface area contributed by atoms with Gasteiger partial charge in [0.2, 0.25) is 10.0 Å². The number of nitrogens with zero attached hydrogens (tertiary/aromatic N) is 3. The summed E-state index contributed by atoms with van der Waals surface area (Å²) in [5, 5.41) is 14.6. The SMILES string of the molecule is CNC(O)c1c(-c2ccc(F)cc2)oc2cc(N(C)SC)c([C@H]3CCCN(S(=O)(=O)c4ccc5ncsc5c4)C3)cc12. The highest BCUT2D eigenvalue weighted by molar-refractivity contribution is 7.99. The highest BCUT2D eigenvalue weighted by Crippen LogP contribution is 2.44. The standard InChI is InChI=1S/C30H31FN4O4S3/c1-32-30(36)28-23-14-22(25(34(2)40-3)15-26(23)39-29(28)18-6-8-20(31)9-7-18)19-5-4-12-35(16-19)42(37,38)21-10-11-24-27(13-21)41-17-33-24/h6-11,13-15,17,19,30,32,36H,4-5,12,16H2,1-3H3/t19-,30?/m0/s1. The van der Waals surface area contributed by atoms with Crippen molar-refractivity contribution in [2.24, 2.45) is 0 Å². The average Bonchev–Trinajstić information content (AvgIpc) is 3.64. The number of aliphatic hydroxyl groups excluding tert-OH is 1. The molecular weight excluding hydrogens is 596 g/mol. The van der Waals surface area contributed by atoms with Crippen LogP contribution in [0.15, 0.2) is 69.4 Å². The predicted octanol–water partition coefficient (Wildman–Crippen LogP) is 6.34. The molecule has 1 aliphatic rings. The van der Waals surface area contributed by atoms with Gasteiger partial charge in [-0.25, -0.2) is 17.8 Å². The van der Waals surface area contributed by atoms with Crippen molar-refractivity contribution in [3.8, 4) is 11.3 Å². The number of furan rings is 1. The summed E-state index contributed by atoms with van der Waals surface area (Å²) in [4.78, 5) is 4.55. The lowest BCUT2D eigenvalue weighted by Crippen LogP contribution is -2.39. The lowest BCUT2D eigenvalue weighted by Gasteiger charge is -2.34. The number of piperidine rings is 1. The van der Waals surface area contributed by atoms with Crippen molar-refractivity contribution in [3.05, 3.63) is 77.1 Å². The van der Waals surface area contributed by atoms with E-state index in [1.807, 2.05) is 29.7 Å². The lowest BCUT2D eigenvalue weighted by atomic mass is 9.89. The minimum atomic E-state index is -3.72. The van der Waals surface area contributed by atoms with Crippen LogP contribution in [0, 0.1) is 5.82 Å². The first-order valence-electron chi connectivity index (χ1n) is 13.5. The number of hydrogen-bond donors (Lipinski definition) is 2. The van der Waals surface area contributed by atoms with Gasteiger partial charge in [-0.2, -0.15) is 4.31 Å². The average molecular weight is 627 g/mol. The molecule has 12 heteroatoms. The molecule has 0 saturated carbocycles. The van der Waals surface area contributed by atoms with Crippen LogP contribution < -0.4 is 9.62 Å². The zero-order chi connectivity index (χ0) is 29.6. The minimum Gasteiger partial charge on any atom is -0.456 e. The zero-order valence-electron chi connectivity index (χ0n) is 23.4. The van der Waals surface area contributed by atoms with Crippen LogP contribution in [-0.2, 0) is 10.0 Å². The van der Waals surface area contributed by atoms with Crippen molar-refractivity contribution in [1.82, 2.24) is 14.6 Å². The summed E-state index contributed by atoms with van der Waals surface area (Å²) < 4.78 is 52.1. The lowest BCUT2D eigenvalue weighted by molar-refractivity contribution is 0.150. The fourth-order valence-electron chi connectivity index (χ4n) is 5.66.